The molecule has 3 heterocycles. The number of nitrogens with zero attached hydrogens (tertiary/aromatic N) is 2. The molecule has 0 spiro atoms. The summed E-state index contributed by atoms with van der Waals surface area (Å²) < 4.78 is 7.38. The third kappa shape index (κ3) is 3.22. The van der Waals surface area contributed by atoms with E-state index in [9.17, 15) is 4.79 Å². The summed E-state index contributed by atoms with van der Waals surface area (Å²) in [6.45, 7) is 5.40. The van der Waals surface area contributed by atoms with Gasteiger partial charge in [-0.1, -0.05) is 18.2 Å². The minimum Gasteiger partial charge on any atom is -0.381 e. The number of fused-ring (bicyclic) bond motifs is 1. The Morgan fingerprint density at radius 3 is 2.77 bits per heavy atom. The van der Waals surface area contributed by atoms with Crippen molar-refractivity contribution in [2.75, 3.05) is 18.5 Å². The fraction of sp³-hybridized carbons (Fsp3) is 0.333. The van der Waals surface area contributed by atoms with E-state index in [4.69, 9.17) is 9.72 Å². The predicted molar refractivity (Wildman–Crippen MR) is 102 cm³/mol. The monoisotopic (exact) mass is 349 g/mol. The van der Waals surface area contributed by atoms with Gasteiger partial charge in [-0.15, -0.1) is 0 Å². The maximum absolute atomic E-state index is 12.6. The Labute approximate surface area is 153 Å². The molecule has 1 fully saturated rings. The van der Waals surface area contributed by atoms with Gasteiger partial charge in [-0.3, -0.25) is 4.79 Å². The second-order valence-electron chi connectivity index (χ2n) is 6.95. The van der Waals surface area contributed by atoms with Gasteiger partial charge in [0.05, 0.1) is 5.69 Å². The first-order valence-electron chi connectivity index (χ1n) is 9.06. The van der Waals surface area contributed by atoms with E-state index < -0.39 is 0 Å². The average Bonchev–Trinajstić information content (AvgIpc) is 3.10. The normalized spacial score (nSPS) is 15.3. The fourth-order valence-corrected chi connectivity index (χ4v) is 3.40. The number of benzene rings is 1. The van der Waals surface area contributed by atoms with Gasteiger partial charge in [-0.25, -0.2) is 4.98 Å². The number of hydrogen-bond acceptors (Lipinski definition) is 3. The van der Waals surface area contributed by atoms with E-state index in [1.54, 1.807) is 0 Å². The molecule has 4 rings (SSSR count). The molecule has 0 unspecified atom stereocenters. The number of imidazole rings is 1. The van der Waals surface area contributed by atoms with Crippen molar-refractivity contribution < 1.29 is 9.53 Å². The lowest BCUT2D eigenvalue weighted by Crippen LogP contribution is -2.28. The SMILES string of the molecule is Cc1ccc(-c2cn3cccc(C)c3n2)cc1NC(=O)C1CCOCC1. The molecule has 0 bridgehead atoms. The van der Waals surface area contributed by atoms with Gasteiger partial charge < -0.3 is 14.5 Å². The molecule has 134 valence electrons. The van der Waals surface area contributed by atoms with E-state index in [1.807, 2.05) is 41.9 Å². The van der Waals surface area contributed by atoms with Gasteiger partial charge in [-0.2, -0.15) is 0 Å². The van der Waals surface area contributed by atoms with Crippen LogP contribution in [-0.2, 0) is 9.53 Å². The van der Waals surface area contributed by atoms with Crippen LogP contribution < -0.4 is 5.32 Å². The van der Waals surface area contributed by atoms with Gasteiger partial charge >= 0.3 is 0 Å². The second kappa shape index (κ2) is 6.92. The molecule has 1 N–H and O–H groups in total. The Kier molecular flexibility index (Phi) is 4.47. The topological polar surface area (TPSA) is 55.6 Å². The maximum Gasteiger partial charge on any atom is 0.227 e. The fourth-order valence-electron chi connectivity index (χ4n) is 3.40. The molecule has 0 radical (unpaired) electrons. The number of pyridine rings is 1. The lowest BCUT2D eigenvalue weighted by atomic mass is 9.99. The predicted octanol–water partition coefficient (Wildman–Crippen LogP) is 3.98. The second-order valence-corrected chi connectivity index (χ2v) is 6.95. The van der Waals surface area contributed by atoms with E-state index in [0.717, 1.165) is 46.6 Å². The van der Waals surface area contributed by atoms with Crippen molar-refractivity contribution >= 4 is 17.2 Å². The minimum absolute atomic E-state index is 0.0321. The summed E-state index contributed by atoms with van der Waals surface area (Å²) >= 11 is 0. The summed E-state index contributed by atoms with van der Waals surface area (Å²) in [6.07, 6.45) is 5.60. The number of carbonyl (C=O) groups is 1. The Morgan fingerprint density at radius 1 is 1.19 bits per heavy atom. The lowest BCUT2D eigenvalue weighted by Gasteiger charge is -2.21. The van der Waals surface area contributed by atoms with Gasteiger partial charge in [0.2, 0.25) is 5.91 Å². The van der Waals surface area contributed by atoms with Crippen LogP contribution in [0.1, 0.15) is 24.0 Å². The molecule has 1 amide bonds. The van der Waals surface area contributed by atoms with Gasteiger partial charge in [0.25, 0.3) is 0 Å². The highest BCUT2D eigenvalue weighted by atomic mass is 16.5. The highest BCUT2D eigenvalue weighted by Gasteiger charge is 2.22. The van der Waals surface area contributed by atoms with Crippen LogP contribution in [0.15, 0.2) is 42.7 Å². The molecule has 0 aliphatic carbocycles. The van der Waals surface area contributed by atoms with Crippen LogP contribution in [0.2, 0.25) is 0 Å². The smallest absolute Gasteiger partial charge is 0.227 e. The first kappa shape index (κ1) is 16.8. The summed E-state index contributed by atoms with van der Waals surface area (Å²) in [7, 11) is 0. The zero-order valence-corrected chi connectivity index (χ0v) is 15.2. The van der Waals surface area contributed by atoms with Crippen molar-refractivity contribution in [3.8, 4) is 11.3 Å². The van der Waals surface area contributed by atoms with E-state index in [2.05, 4.69) is 24.4 Å². The molecular formula is C21H23N3O2. The van der Waals surface area contributed by atoms with Crippen LogP contribution in [0, 0.1) is 19.8 Å². The molecule has 26 heavy (non-hydrogen) atoms. The standard InChI is InChI=1S/C21H23N3O2/c1-14-5-6-17(19-13-24-9-3-4-15(2)20(24)22-19)12-18(14)23-21(25)16-7-10-26-11-8-16/h3-6,9,12-13,16H,7-8,10-11H2,1-2H3,(H,23,25). The molecule has 1 aliphatic rings. The summed E-state index contributed by atoms with van der Waals surface area (Å²) in [5.74, 6) is 0.115. The van der Waals surface area contributed by atoms with E-state index in [-0.39, 0.29) is 11.8 Å². The molecule has 1 aliphatic heterocycles. The highest BCUT2D eigenvalue weighted by Crippen LogP contribution is 2.27. The summed E-state index contributed by atoms with van der Waals surface area (Å²) in [5, 5.41) is 3.11. The molecule has 5 nitrogen and oxygen atoms in total. The maximum atomic E-state index is 12.6. The quantitative estimate of drug-likeness (QED) is 0.778. The highest BCUT2D eigenvalue weighted by molar-refractivity contribution is 5.94. The van der Waals surface area contributed by atoms with Crippen molar-refractivity contribution in [2.45, 2.75) is 26.7 Å². The summed E-state index contributed by atoms with van der Waals surface area (Å²) in [6, 6.07) is 10.2. The molecule has 0 atom stereocenters. The number of rotatable bonds is 3. The Balaban J connectivity index is 1.62. The molecular weight excluding hydrogens is 326 g/mol. The number of aryl methyl sites for hydroxylation is 2. The molecule has 0 saturated carbocycles. The molecule has 3 aromatic rings. The first-order valence-corrected chi connectivity index (χ1v) is 9.06. The number of carbonyl (C=O) groups excluding carboxylic acids is 1. The third-order valence-electron chi connectivity index (χ3n) is 5.06. The lowest BCUT2D eigenvalue weighted by molar-refractivity contribution is -0.122. The number of hydrogen-bond donors (Lipinski definition) is 1. The average molecular weight is 349 g/mol. The number of nitrogens with one attached hydrogen (secondary N) is 1. The van der Waals surface area contributed by atoms with Gasteiger partial charge in [-0.05, 0) is 49.9 Å². The third-order valence-corrected chi connectivity index (χ3v) is 5.06. The summed E-state index contributed by atoms with van der Waals surface area (Å²) in [5.41, 5.74) is 5.90. The molecule has 1 saturated heterocycles. The minimum atomic E-state index is 0.0321. The van der Waals surface area contributed by atoms with Crippen molar-refractivity contribution in [1.82, 2.24) is 9.38 Å². The number of anilines is 1. The van der Waals surface area contributed by atoms with E-state index in [1.165, 1.54) is 0 Å². The van der Waals surface area contributed by atoms with Crippen LogP contribution in [0.4, 0.5) is 5.69 Å². The Bertz CT molecular complexity index is 955. The Hall–Kier alpha value is -2.66. The van der Waals surface area contributed by atoms with Crippen LogP contribution in [0.3, 0.4) is 0 Å². The van der Waals surface area contributed by atoms with Crippen molar-refractivity contribution in [3.63, 3.8) is 0 Å². The van der Waals surface area contributed by atoms with Gasteiger partial charge in [0.1, 0.15) is 5.65 Å². The molecule has 2 aromatic heterocycles. The van der Waals surface area contributed by atoms with Gasteiger partial charge in [0.15, 0.2) is 0 Å². The van der Waals surface area contributed by atoms with Gasteiger partial charge in [0, 0.05) is 42.8 Å². The largest absolute Gasteiger partial charge is 0.381 e. The number of aromatic nitrogens is 2. The zero-order valence-electron chi connectivity index (χ0n) is 15.2. The number of amides is 1. The van der Waals surface area contributed by atoms with Crippen molar-refractivity contribution in [1.29, 1.82) is 0 Å². The molecule has 5 heteroatoms. The van der Waals surface area contributed by atoms with Crippen LogP contribution in [0.25, 0.3) is 16.9 Å². The van der Waals surface area contributed by atoms with Crippen molar-refractivity contribution in [2.24, 2.45) is 5.92 Å². The van der Waals surface area contributed by atoms with E-state index in [0.29, 0.717) is 13.2 Å². The molecule has 1 aromatic carbocycles. The van der Waals surface area contributed by atoms with Crippen LogP contribution >= 0.6 is 0 Å². The van der Waals surface area contributed by atoms with Crippen LogP contribution in [-0.4, -0.2) is 28.5 Å². The Morgan fingerprint density at radius 2 is 2.00 bits per heavy atom. The zero-order chi connectivity index (χ0) is 18.1. The van der Waals surface area contributed by atoms with E-state index >= 15 is 0 Å². The van der Waals surface area contributed by atoms with Crippen molar-refractivity contribution in [3.05, 3.63) is 53.9 Å². The van der Waals surface area contributed by atoms with Crippen LogP contribution in [0.5, 0.6) is 0 Å². The first-order chi connectivity index (χ1) is 12.6. The summed E-state index contributed by atoms with van der Waals surface area (Å²) in [4.78, 5) is 17.3. The number of ether oxygens (including phenoxy) is 1.